The van der Waals surface area contributed by atoms with Gasteiger partial charge in [0.2, 0.25) is 46.2 Å². The minimum atomic E-state index is -3.62. The third kappa shape index (κ3) is 13.2. The molecule has 0 amide bonds. The van der Waals surface area contributed by atoms with Crippen molar-refractivity contribution in [1.29, 1.82) is 0 Å². The van der Waals surface area contributed by atoms with Crippen LogP contribution in [-0.4, -0.2) is 161 Å². The Morgan fingerprint density at radius 2 is 0.612 bits per heavy atom. The van der Waals surface area contributed by atoms with Crippen molar-refractivity contribution in [3.8, 4) is 0 Å². The monoisotopic (exact) mass is 1620 g/mol. The quantitative estimate of drug-likeness (QED) is 0.0136. The van der Waals surface area contributed by atoms with E-state index in [1.165, 1.54) is 218 Å². The molecule has 0 radical (unpaired) electrons. The number of aliphatic hydroxyl groups is 2. The second kappa shape index (κ2) is 33.0. The standard InChI is InChI=1S/C45H32N6O11.C45H33N5O9/c46-38-34-39(49-42(48-38)51(58)59)50(27-47-34)45(37(55)30-20-10-3-11-21-30)44(36(54)29-18-8-2-9-19-29,62-41(57)32-24-14-5-15-25-32)43(33(26-52)60-45,35(53)28-16-6-1-7-17-28)61-40(56)31-22-12-4-13-23-31;46-39-35-40(48-27-47-39)50(28-49-35)45(38(54)31-20-10-3-11-21-31)44(37(53)30-18-8-2-9-19-30,59-42(56)33-24-14-5-15-25-33)43(34(26-51)57-45,36(52)29-16-6-1-7-17-29)58-41(55)32-22-12-4-13-23-32/h1-25,27,33,52H,26H2,(H2,46,48,49);1-25,27-28,34,51H,26H2,(H2,46,47,48)/t33-,43+,44-,45-;34-,43+,44-,45-/m11/s1. The van der Waals surface area contributed by atoms with E-state index < -0.39 is 140 Å². The summed E-state index contributed by atoms with van der Waals surface area (Å²) in [5, 5.41) is 35.4. The van der Waals surface area contributed by atoms with E-state index in [4.69, 9.17) is 39.9 Å². The summed E-state index contributed by atoms with van der Waals surface area (Å²) in [5.74, 6) is -14.2. The predicted octanol–water partition coefficient (Wildman–Crippen LogP) is 10.5. The third-order valence-electron chi connectivity index (χ3n) is 20.7. The lowest BCUT2D eigenvalue weighted by atomic mass is 9.65. The first kappa shape index (κ1) is 80.2. The summed E-state index contributed by atoms with van der Waals surface area (Å²) < 4.78 is 41.4. The molecule has 31 nitrogen and oxygen atoms in total. The van der Waals surface area contributed by atoms with Crippen molar-refractivity contribution in [2.24, 2.45) is 0 Å². The van der Waals surface area contributed by atoms with Crippen LogP contribution in [0.25, 0.3) is 22.3 Å². The zero-order valence-corrected chi connectivity index (χ0v) is 63.1. The molecule has 0 bridgehead atoms. The largest absolute Gasteiger partial charge is 0.473 e. The number of nitrogens with two attached hydrogens (primary N) is 2. The molecule has 4 aromatic heterocycles. The normalized spacial score (nSPS) is 20.8. The Morgan fingerprint density at radius 3 is 0.909 bits per heavy atom. The first-order valence-corrected chi connectivity index (χ1v) is 37.1. The van der Waals surface area contributed by atoms with Gasteiger partial charge < -0.3 is 60.2 Å². The highest BCUT2D eigenvalue weighted by atomic mass is 16.7. The summed E-state index contributed by atoms with van der Waals surface area (Å²) in [7, 11) is 0. The van der Waals surface area contributed by atoms with E-state index in [1.54, 1.807) is 84.9 Å². The molecule has 16 rings (SSSR count). The number of ether oxygens (including phenoxy) is 6. The minimum absolute atomic E-state index is 0.0690. The lowest BCUT2D eigenvalue weighted by molar-refractivity contribution is -0.394. The van der Waals surface area contributed by atoms with E-state index >= 15 is 33.6 Å². The van der Waals surface area contributed by atoms with Crippen LogP contribution in [0.15, 0.2) is 322 Å². The van der Waals surface area contributed by atoms with Gasteiger partial charge in [-0.05, 0) is 63.4 Å². The molecular weight excluding hydrogens is 1560 g/mol. The van der Waals surface area contributed by atoms with Crippen LogP contribution in [0.1, 0.15) is 104 Å². The summed E-state index contributed by atoms with van der Waals surface area (Å²) in [4.78, 5) is 192. The molecule has 8 atom stereocenters. The van der Waals surface area contributed by atoms with Gasteiger partial charge in [-0.2, -0.15) is 0 Å². The number of Topliss-reactive ketones (excluding diaryl/α,β-unsaturated/α-hetero) is 6. The molecule has 2 aliphatic rings. The minimum Gasteiger partial charge on any atom is -0.439 e. The summed E-state index contributed by atoms with van der Waals surface area (Å²) in [6, 6.07) is 73.1. The van der Waals surface area contributed by atoms with E-state index in [1.807, 2.05) is 0 Å². The fourth-order valence-corrected chi connectivity index (χ4v) is 15.3. The Bertz CT molecular complexity index is 6330. The van der Waals surface area contributed by atoms with Gasteiger partial charge in [0.05, 0.1) is 35.5 Å². The Kier molecular flexibility index (Phi) is 21.9. The molecule has 2 fully saturated rings. The number of imidazole rings is 2. The lowest BCUT2D eigenvalue weighted by Gasteiger charge is -2.47. The molecule has 6 heterocycles. The number of nitrogen functional groups attached to an aromatic ring is 2. The van der Waals surface area contributed by atoms with E-state index in [-0.39, 0.29) is 78.1 Å². The highest BCUT2D eigenvalue weighted by Crippen LogP contribution is 2.62. The van der Waals surface area contributed by atoms with Gasteiger partial charge in [0.25, 0.3) is 33.9 Å². The van der Waals surface area contributed by atoms with E-state index in [2.05, 4.69) is 29.9 Å². The average molecular weight is 1620 g/mol. The fraction of sp³-hybridized carbons (Fsp3) is 0.111. The van der Waals surface area contributed by atoms with Gasteiger partial charge in [-0.3, -0.25) is 37.9 Å². The topological polar surface area (TPSA) is 449 Å². The maximum Gasteiger partial charge on any atom is 0.473 e. The summed E-state index contributed by atoms with van der Waals surface area (Å²) in [5.41, 5.74) is -10.9. The van der Waals surface area contributed by atoms with Crippen LogP contribution < -0.4 is 11.5 Å². The van der Waals surface area contributed by atoms with Crippen molar-refractivity contribution in [3.63, 3.8) is 0 Å². The van der Waals surface area contributed by atoms with Crippen LogP contribution in [0.5, 0.6) is 0 Å². The number of aliphatic hydroxyl groups excluding tert-OH is 2. The number of carbonyl (C=O) groups excluding carboxylic acids is 10. The van der Waals surface area contributed by atoms with Crippen molar-refractivity contribution >= 4 is 98.5 Å². The van der Waals surface area contributed by atoms with Gasteiger partial charge in [0.15, 0.2) is 17.0 Å². The number of aromatic nitrogens is 8. The number of ketones is 6. The molecular formula is C90H65N11O20. The zero-order chi connectivity index (χ0) is 84.9. The number of hydrogen-bond acceptors (Lipinski definition) is 28. The van der Waals surface area contributed by atoms with Gasteiger partial charge in [-0.15, -0.1) is 0 Å². The molecule has 6 N–H and O–H groups in total. The lowest BCUT2D eigenvalue weighted by Crippen LogP contribution is -2.76. The molecule has 10 aromatic carbocycles. The molecule has 600 valence electrons. The van der Waals surface area contributed by atoms with Crippen LogP contribution >= 0.6 is 0 Å². The number of fused-ring (bicyclic) bond motifs is 2. The van der Waals surface area contributed by atoms with Gasteiger partial charge in [0.1, 0.15) is 36.7 Å². The third-order valence-corrected chi connectivity index (χ3v) is 20.7. The second-order valence-corrected chi connectivity index (χ2v) is 27.4. The first-order chi connectivity index (χ1) is 58.7. The fourth-order valence-electron chi connectivity index (χ4n) is 15.3. The number of nitro groups is 1. The van der Waals surface area contributed by atoms with Crippen LogP contribution in [-0.2, 0) is 39.9 Å². The predicted molar refractivity (Wildman–Crippen MR) is 429 cm³/mol. The molecule has 0 spiro atoms. The Morgan fingerprint density at radius 1 is 0.347 bits per heavy atom. The molecule has 0 unspecified atom stereocenters. The van der Waals surface area contributed by atoms with Crippen molar-refractivity contribution < 1.29 is 91.5 Å². The Labute approximate surface area is 684 Å². The SMILES string of the molecule is Nc1nc([N+](=O)[O-])nc2c1ncn2[C@]1(C(=O)c2ccccc2)O[C@H](CO)[C@](OC(=O)c2ccccc2)(C(=O)c2ccccc2)[C@]1(OC(=O)c1ccccc1)C(=O)c1ccccc1.Nc1ncnc2c1ncn2[C@]1(C(=O)c2ccccc2)O[C@H](CO)[C@](OC(=O)c2ccccc2)(C(=O)c2ccccc2)[C@]1(OC(=O)c1ccccc1)C(=O)c1ccccc1. The molecule has 121 heavy (non-hydrogen) atoms. The maximum absolute atomic E-state index is 16.4. The van der Waals surface area contributed by atoms with E-state index in [0.29, 0.717) is 0 Å². The van der Waals surface area contributed by atoms with Crippen LogP contribution in [0.4, 0.5) is 17.6 Å². The van der Waals surface area contributed by atoms with Crippen LogP contribution in [0.2, 0.25) is 0 Å². The van der Waals surface area contributed by atoms with Crippen molar-refractivity contribution in [1.82, 2.24) is 39.0 Å². The van der Waals surface area contributed by atoms with Crippen LogP contribution in [0.3, 0.4) is 0 Å². The number of esters is 4. The highest BCUT2D eigenvalue weighted by molar-refractivity contribution is 6.22. The van der Waals surface area contributed by atoms with Gasteiger partial charge >= 0.3 is 29.8 Å². The molecule has 0 aliphatic carbocycles. The van der Waals surface area contributed by atoms with Gasteiger partial charge in [0, 0.05) is 33.4 Å². The van der Waals surface area contributed by atoms with E-state index in [9.17, 15) is 34.7 Å². The maximum atomic E-state index is 16.4. The van der Waals surface area contributed by atoms with Crippen LogP contribution in [0, 0.1) is 10.1 Å². The Hall–Kier alpha value is -16.0. The summed E-state index contributed by atoms with van der Waals surface area (Å²) >= 11 is 0. The van der Waals surface area contributed by atoms with Gasteiger partial charge in [-0.1, -0.05) is 255 Å². The van der Waals surface area contributed by atoms with Crippen molar-refractivity contribution in [2.75, 3.05) is 24.7 Å². The highest BCUT2D eigenvalue weighted by Gasteiger charge is 2.90. The van der Waals surface area contributed by atoms with Crippen molar-refractivity contribution in [3.05, 3.63) is 388 Å². The second-order valence-electron chi connectivity index (χ2n) is 27.4. The number of rotatable bonds is 25. The molecule has 2 saturated heterocycles. The summed E-state index contributed by atoms with van der Waals surface area (Å²) in [6.07, 6.45) is -1.40. The number of benzene rings is 10. The molecule has 14 aromatic rings. The number of hydrogen-bond donors (Lipinski definition) is 4. The smallest absolute Gasteiger partial charge is 0.439 e. The zero-order valence-electron chi connectivity index (χ0n) is 63.1. The molecule has 2 aliphatic heterocycles. The Balaban J connectivity index is 0.000000188. The van der Waals surface area contributed by atoms with Crippen molar-refractivity contribution in [2.45, 2.75) is 46.1 Å². The average Bonchev–Trinajstić information content (AvgIpc) is 1.50. The van der Waals surface area contributed by atoms with E-state index in [0.717, 1.165) is 28.1 Å². The van der Waals surface area contributed by atoms with Gasteiger partial charge in [-0.25, -0.2) is 39.1 Å². The summed E-state index contributed by atoms with van der Waals surface area (Å²) in [6.45, 7) is -2.47. The number of carbonyl (C=O) groups is 10. The molecule has 31 heteroatoms. The number of nitrogens with zero attached hydrogens (tertiary/aromatic N) is 9. The number of anilines is 2. The molecule has 0 saturated carbocycles. The first-order valence-electron chi connectivity index (χ1n) is 37.1.